The zero-order valence-corrected chi connectivity index (χ0v) is 14.8. The summed E-state index contributed by atoms with van der Waals surface area (Å²) < 4.78 is 8.12. The lowest BCUT2D eigenvalue weighted by molar-refractivity contribution is -0.137. The van der Waals surface area contributed by atoms with Gasteiger partial charge in [-0.1, -0.05) is 36.4 Å². The average Bonchev–Trinajstić information content (AvgIpc) is 3.18. The van der Waals surface area contributed by atoms with Crippen molar-refractivity contribution in [2.75, 3.05) is 0 Å². The highest BCUT2D eigenvalue weighted by Crippen LogP contribution is 2.19. The van der Waals surface area contributed by atoms with E-state index in [1.807, 2.05) is 6.07 Å². The number of ketones is 1. The molecule has 0 aliphatic heterocycles. The van der Waals surface area contributed by atoms with Crippen LogP contribution in [0.1, 0.15) is 16.1 Å². The normalized spacial score (nSPS) is 11.6. The van der Waals surface area contributed by atoms with E-state index in [0.29, 0.717) is 11.4 Å². The van der Waals surface area contributed by atoms with Crippen molar-refractivity contribution >= 4 is 29.3 Å². The number of aromatic nitrogens is 3. The number of carbonyl (C=O) groups is 3. The lowest BCUT2D eigenvalue weighted by Crippen LogP contribution is -2.47. The molecule has 0 spiro atoms. The van der Waals surface area contributed by atoms with E-state index in [4.69, 9.17) is 5.73 Å². The van der Waals surface area contributed by atoms with Crippen molar-refractivity contribution in [2.45, 2.75) is 12.5 Å². The smallest absolute Gasteiger partial charge is 0.287 e. The van der Waals surface area contributed by atoms with Gasteiger partial charge in [-0.15, -0.1) is 0 Å². The molecule has 1 unspecified atom stereocenters. The van der Waals surface area contributed by atoms with Crippen molar-refractivity contribution in [1.29, 1.82) is 0 Å². The van der Waals surface area contributed by atoms with Gasteiger partial charge in [-0.3, -0.25) is 19.4 Å². The zero-order valence-electron chi connectivity index (χ0n) is 14.0. The van der Waals surface area contributed by atoms with Gasteiger partial charge in [0.05, 0.1) is 17.4 Å². The predicted octanol–water partition coefficient (Wildman–Crippen LogP) is 0.996. The molecule has 3 rings (SSSR count). The minimum absolute atomic E-state index is 0.0361. The number of primary amides is 1. The summed E-state index contributed by atoms with van der Waals surface area (Å²) in [6, 6.07) is 13.1. The van der Waals surface area contributed by atoms with Crippen LogP contribution < -0.4 is 11.1 Å². The Morgan fingerprint density at radius 1 is 1.04 bits per heavy atom. The largest absolute Gasteiger partial charge is 0.363 e. The third kappa shape index (κ3) is 4.39. The van der Waals surface area contributed by atoms with Gasteiger partial charge in [0.15, 0.2) is 5.69 Å². The third-order valence-corrected chi connectivity index (χ3v) is 4.29. The molecule has 3 N–H and O–H groups in total. The van der Waals surface area contributed by atoms with Gasteiger partial charge in [0, 0.05) is 12.6 Å². The van der Waals surface area contributed by atoms with Gasteiger partial charge in [-0.05, 0) is 17.7 Å². The molecule has 0 radical (unpaired) electrons. The maximum absolute atomic E-state index is 12.7. The molecule has 2 aromatic heterocycles. The lowest BCUT2D eigenvalue weighted by Gasteiger charge is -2.16. The summed E-state index contributed by atoms with van der Waals surface area (Å²) in [6.07, 6.45) is 1.70. The Morgan fingerprint density at radius 3 is 2.44 bits per heavy atom. The fourth-order valence-corrected chi connectivity index (χ4v) is 3.02. The minimum atomic E-state index is -1.11. The number of nitrogens with zero attached hydrogens (tertiary/aromatic N) is 3. The number of hydrogen-bond donors (Lipinski definition) is 2. The van der Waals surface area contributed by atoms with Crippen molar-refractivity contribution in [3.63, 3.8) is 0 Å². The van der Waals surface area contributed by atoms with Gasteiger partial charge in [0.1, 0.15) is 11.7 Å². The average molecular weight is 381 g/mol. The van der Waals surface area contributed by atoms with Crippen LogP contribution in [0.15, 0.2) is 54.7 Å². The highest BCUT2D eigenvalue weighted by molar-refractivity contribution is 6.99. The number of nitrogens with one attached hydrogen (secondary N) is 1. The van der Waals surface area contributed by atoms with Crippen molar-refractivity contribution < 1.29 is 14.4 Å². The first-order chi connectivity index (χ1) is 13.1. The standard InChI is InChI=1S/C18H15N5O3S/c19-17(25)16(24)13(10-11-6-2-1-3-7-11)21-18(26)15-14(22-27-23-15)12-8-4-5-9-20-12/h1-9,13H,10H2,(H2,19,25)(H,21,26). The highest BCUT2D eigenvalue weighted by atomic mass is 32.1. The van der Waals surface area contributed by atoms with Crippen molar-refractivity contribution in [3.8, 4) is 11.4 Å². The topological polar surface area (TPSA) is 128 Å². The monoisotopic (exact) mass is 381 g/mol. The van der Waals surface area contributed by atoms with Crippen molar-refractivity contribution in [1.82, 2.24) is 19.0 Å². The van der Waals surface area contributed by atoms with Crippen LogP contribution in [0.4, 0.5) is 0 Å². The molecule has 2 amide bonds. The first-order valence-electron chi connectivity index (χ1n) is 7.98. The van der Waals surface area contributed by atoms with E-state index in [2.05, 4.69) is 19.0 Å². The molecule has 8 nitrogen and oxygen atoms in total. The third-order valence-electron chi connectivity index (χ3n) is 3.76. The number of amides is 2. The first-order valence-corrected chi connectivity index (χ1v) is 8.71. The fraction of sp³-hybridized carbons (Fsp3) is 0.111. The second-order valence-electron chi connectivity index (χ2n) is 5.62. The number of rotatable bonds is 7. The molecular formula is C18H15N5O3S. The van der Waals surface area contributed by atoms with E-state index in [-0.39, 0.29) is 12.1 Å². The molecule has 27 heavy (non-hydrogen) atoms. The summed E-state index contributed by atoms with van der Waals surface area (Å²) >= 11 is 0.858. The minimum Gasteiger partial charge on any atom is -0.363 e. The van der Waals surface area contributed by atoms with Gasteiger partial charge in [0.25, 0.3) is 11.8 Å². The van der Waals surface area contributed by atoms with E-state index < -0.39 is 23.6 Å². The fourth-order valence-electron chi connectivity index (χ4n) is 2.47. The number of pyridine rings is 1. The Hall–Kier alpha value is -3.46. The number of hydrogen-bond acceptors (Lipinski definition) is 7. The summed E-state index contributed by atoms with van der Waals surface area (Å²) in [5.74, 6) is -2.62. The van der Waals surface area contributed by atoms with Crippen LogP contribution in [0.5, 0.6) is 0 Å². The summed E-state index contributed by atoms with van der Waals surface area (Å²) in [6.45, 7) is 0. The molecule has 0 bridgehead atoms. The summed E-state index contributed by atoms with van der Waals surface area (Å²) in [5, 5.41) is 2.55. The van der Waals surface area contributed by atoms with Gasteiger partial charge < -0.3 is 11.1 Å². The second-order valence-corrected chi connectivity index (χ2v) is 6.15. The van der Waals surface area contributed by atoms with Crippen LogP contribution in [0, 0.1) is 0 Å². The van der Waals surface area contributed by atoms with Crippen molar-refractivity contribution in [3.05, 3.63) is 66.0 Å². The summed E-state index contributed by atoms with van der Waals surface area (Å²) in [7, 11) is 0. The van der Waals surface area contributed by atoms with Gasteiger partial charge in [-0.2, -0.15) is 8.75 Å². The molecule has 9 heteroatoms. The van der Waals surface area contributed by atoms with Crippen LogP contribution in [-0.2, 0) is 16.0 Å². The summed E-state index contributed by atoms with van der Waals surface area (Å²) in [5.41, 5.74) is 6.73. The Labute approximate surface area is 158 Å². The van der Waals surface area contributed by atoms with E-state index in [9.17, 15) is 14.4 Å². The van der Waals surface area contributed by atoms with Crippen LogP contribution in [0.25, 0.3) is 11.4 Å². The van der Waals surface area contributed by atoms with Gasteiger partial charge in [-0.25, -0.2) is 0 Å². The number of carbonyl (C=O) groups excluding carboxylic acids is 3. The molecular weight excluding hydrogens is 366 g/mol. The molecule has 3 aromatic rings. The van der Waals surface area contributed by atoms with E-state index in [0.717, 1.165) is 17.3 Å². The molecule has 1 aromatic carbocycles. The molecule has 136 valence electrons. The van der Waals surface area contributed by atoms with E-state index >= 15 is 0 Å². The summed E-state index contributed by atoms with van der Waals surface area (Å²) in [4.78, 5) is 40.4. The first kappa shape index (κ1) is 18.3. The molecule has 0 saturated carbocycles. The molecule has 0 aliphatic rings. The zero-order chi connectivity index (χ0) is 19.2. The van der Waals surface area contributed by atoms with E-state index in [1.165, 1.54) is 0 Å². The Kier molecular flexibility index (Phi) is 5.62. The SMILES string of the molecule is NC(=O)C(=O)C(Cc1ccccc1)NC(=O)c1nsnc1-c1ccccn1. The molecule has 1 atom stereocenters. The Bertz CT molecular complexity index is 959. The number of benzene rings is 1. The molecule has 0 saturated heterocycles. The van der Waals surface area contributed by atoms with Crippen LogP contribution in [0.2, 0.25) is 0 Å². The number of nitrogens with two attached hydrogens (primary N) is 1. The maximum Gasteiger partial charge on any atom is 0.287 e. The molecule has 0 fully saturated rings. The molecule has 0 aliphatic carbocycles. The van der Waals surface area contributed by atoms with Crippen LogP contribution in [0.3, 0.4) is 0 Å². The van der Waals surface area contributed by atoms with Crippen LogP contribution >= 0.6 is 11.7 Å². The van der Waals surface area contributed by atoms with Crippen LogP contribution in [-0.4, -0.2) is 37.4 Å². The highest BCUT2D eigenvalue weighted by Gasteiger charge is 2.28. The Balaban J connectivity index is 1.84. The maximum atomic E-state index is 12.7. The quantitative estimate of drug-likeness (QED) is 0.588. The van der Waals surface area contributed by atoms with Gasteiger partial charge in [0.2, 0.25) is 5.78 Å². The number of Topliss-reactive ketones (excluding diaryl/α,β-unsaturated/α-hetero) is 1. The van der Waals surface area contributed by atoms with Crippen molar-refractivity contribution in [2.24, 2.45) is 5.73 Å². The predicted molar refractivity (Wildman–Crippen MR) is 98.7 cm³/mol. The van der Waals surface area contributed by atoms with Gasteiger partial charge >= 0.3 is 0 Å². The molecule has 2 heterocycles. The Morgan fingerprint density at radius 2 is 1.78 bits per heavy atom. The lowest BCUT2D eigenvalue weighted by atomic mass is 10.0. The second kappa shape index (κ2) is 8.28. The van der Waals surface area contributed by atoms with E-state index in [1.54, 1.807) is 48.7 Å².